The molecular formula is C19H23N3O3S2. The number of thiazole rings is 1. The van der Waals surface area contributed by atoms with Crippen LogP contribution >= 0.6 is 11.3 Å². The van der Waals surface area contributed by atoms with Crippen LogP contribution in [0, 0.1) is 6.92 Å². The van der Waals surface area contributed by atoms with Crippen LogP contribution in [0.3, 0.4) is 0 Å². The topological polar surface area (TPSA) is 79.4 Å². The van der Waals surface area contributed by atoms with Crippen molar-refractivity contribution in [3.63, 3.8) is 0 Å². The van der Waals surface area contributed by atoms with Crippen LogP contribution in [0.15, 0.2) is 29.2 Å². The summed E-state index contributed by atoms with van der Waals surface area (Å²) in [5.41, 5.74) is 2.08. The first-order valence-electron chi connectivity index (χ1n) is 9.33. The Balaban J connectivity index is 1.53. The van der Waals surface area contributed by atoms with Crippen molar-refractivity contribution in [3.8, 4) is 0 Å². The molecular weight excluding hydrogens is 382 g/mol. The van der Waals surface area contributed by atoms with Crippen molar-refractivity contribution in [2.45, 2.75) is 56.4 Å². The second-order valence-corrected chi connectivity index (χ2v) is 10.1. The van der Waals surface area contributed by atoms with Gasteiger partial charge >= 0.3 is 0 Å². The number of hydrogen-bond acceptors (Lipinski definition) is 5. The summed E-state index contributed by atoms with van der Waals surface area (Å²) < 4.78 is 27.3. The van der Waals surface area contributed by atoms with E-state index in [0.717, 1.165) is 36.9 Å². The number of rotatable bonds is 4. The van der Waals surface area contributed by atoms with Gasteiger partial charge in [-0.25, -0.2) is 13.4 Å². The molecule has 2 aliphatic rings. The number of amides is 1. The zero-order valence-corrected chi connectivity index (χ0v) is 16.9. The Kier molecular flexibility index (Phi) is 5.05. The van der Waals surface area contributed by atoms with E-state index >= 15 is 0 Å². The zero-order valence-electron chi connectivity index (χ0n) is 15.3. The van der Waals surface area contributed by atoms with Crippen LogP contribution < -0.4 is 5.32 Å². The molecule has 2 heterocycles. The molecule has 0 bridgehead atoms. The normalized spacial score (nSPS) is 20.4. The molecule has 0 saturated carbocycles. The standard InChI is InChI=1S/C19H23N3O3S2/c1-13-8-10-14(11-9-13)27(24,25)22-12-4-6-16(22)18(23)21-19-20-15-5-2-3-7-17(15)26-19/h8-11,16H,2-7,12H2,1H3,(H,20,21,23)/t16-/m1/s1. The summed E-state index contributed by atoms with van der Waals surface area (Å²) in [6.45, 7) is 2.28. The molecule has 0 unspecified atom stereocenters. The summed E-state index contributed by atoms with van der Waals surface area (Å²) >= 11 is 1.52. The highest BCUT2D eigenvalue weighted by atomic mass is 32.2. The van der Waals surface area contributed by atoms with Crippen molar-refractivity contribution >= 4 is 32.4 Å². The minimum Gasteiger partial charge on any atom is -0.301 e. The third-order valence-corrected chi connectivity index (χ3v) is 8.20. The summed E-state index contributed by atoms with van der Waals surface area (Å²) in [5.74, 6) is -0.283. The van der Waals surface area contributed by atoms with Gasteiger partial charge in [0.05, 0.1) is 10.6 Å². The molecule has 1 saturated heterocycles. The van der Waals surface area contributed by atoms with Gasteiger partial charge in [-0.3, -0.25) is 4.79 Å². The molecule has 144 valence electrons. The molecule has 8 heteroatoms. The van der Waals surface area contributed by atoms with E-state index in [4.69, 9.17) is 0 Å². The first-order chi connectivity index (χ1) is 12.9. The van der Waals surface area contributed by atoms with Crippen molar-refractivity contribution < 1.29 is 13.2 Å². The Morgan fingerprint density at radius 2 is 1.93 bits per heavy atom. The van der Waals surface area contributed by atoms with Crippen LogP contribution in [0.4, 0.5) is 5.13 Å². The van der Waals surface area contributed by atoms with Gasteiger partial charge in [-0.2, -0.15) is 4.31 Å². The maximum Gasteiger partial charge on any atom is 0.244 e. The minimum atomic E-state index is -3.69. The van der Waals surface area contributed by atoms with Gasteiger partial charge in [-0.15, -0.1) is 11.3 Å². The SMILES string of the molecule is Cc1ccc(S(=O)(=O)N2CCC[C@@H]2C(=O)Nc2nc3c(s2)CCCC3)cc1. The lowest BCUT2D eigenvalue weighted by atomic mass is 10.0. The second kappa shape index (κ2) is 7.33. The molecule has 6 nitrogen and oxygen atoms in total. The molecule has 1 aromatic heterocycles. The van der Waals surface area contributed by atoms with Gasteiger partial charge in [0.15, 0.2) is 5.13 Å². The smallest absolute Gasteiger partial charge is 0.244 e. The van der Waals surface area contributed by atoms with Crippen molar-refractivity contribution in [1.82, 2.24) is 9.29 Å². The third-order valence-electron chi connectivity index (χ3n) is 5.21. The van der Waals surface area contributed by atoms with Gasteiger partial charge in [-0.1, -0.05) is 17.7 Å². The molecule has 1 N–H and O–H groups in total. The number of anilines is 1. The highest BCUT2D eigenvalue weighted by Gasteiger charge is 2.39. The first-order valence-corrected chi connectivity index (χ1v) is 11.6. The number of aromatic nitrogens is 1. The quantitative estimate of drug-likeness (QED) is 0.848. The van der Waals surface area contributed by atoms with E-state index in [1.54, 1.807) is 24.3 Å². The monoisotopic (exact) mass is 405 g/mol. The number of carbonyl (C=O) groups excluding carboxylic acids is 1. The average molecular weight is 406 g/mol. The average Bonchev–Trinajstić information content (AvgIpc) is 3.29. The van der Waals surface area contributed by atoms with E-state index in [-0.39, 0.29) is 10.8 Å². The molecule has 1 atom stereocenters. The molecule has 1 aliphatic heterocycles. The summed E-state index contributed by atoms with van der Waals surface area (Å²) in [5, 5.41) is 3.46. The van der Waals surface area contributed by atoms with Crippen LogP contribution in [-0.4, -0.2) is 36.2 Å². The second-order valence-electron chi connectivity index (χ2n) is 7.17. The molecule has 0 spiro atoms. The Bertz CT molecular complexity index is 928. The Labute approximate surface area is 163 Å². The number of fused-ring (bicyclic) bond motifs is 1. The van der Waals surface area contributed by atoms with Crippen molar-refractivity contribution in [2.75, 3.05) is 11.9 Å². The molecule has 4 rings (SSSR count). The molecule has 0 radical (unpaired) electrons. The maximum atomic E-state index is 13.0. The number of benzene rings is 1. The largest absolute Gasteiger partial charge is 0.301 e. The van der Waals surface area contributed by atoms with Gasteiger partial charge < -0.3 is 5.32 Å². The number of nitrogens with one attached hydrogen (secondary N) is 1. The molecule has 1 fully saturated rings. The predicted octanol–water partition coefficient (Wildman–Crippen LogP) is 3.12. The van der Waals surface area contributed by atoms with Gasteiger partial charge in [0.1, 0.15) is 6.04 Å². The summed E-state index contributed by atoms with van der Waals surface area (Å²) in [6.07, 6.45) is 5.47. The molecule has 1 aliphatic carbocycles. The highest BCUT2D eigenvalue weighted by molar-refractivity contribution is 7.89. The molecule has 27 heavy (non-hydrogen) atoms. The maximum absolute atomic E-state index is 13.0. The van der Waals surface area contributed by atoms with E-state index < -0.39 is 16.1 Å². The van der Waals surface area contributed by atoms with Crippen molar-refractivity contribution in [2.24, 2.45) is 0 Å². The Hall–Kier alpha value is -1.77. The van der Waals surface area contributed by atoms with E-state index in [1.807, 2.05) is 6.92 Å². The molecule has 2 aromatic rings. The van der Waals surface area contributed by atoms with Crippen LogP contribution in [0.2, 0.25) is 0 Å². The Morgan fingerprint density at radius 1 is 1.19 bits per heavy atom. The van der Waals surface area contributed by atoms with Gasteiger partial charge in [0.25, 0.3) is 0 Å². The summed E-state index contributed by atoms with van der Waals surface area (Å²) in [4.78, 5) is 18.8. The van der Waals surface area contributed by atoms with Gasteiger partial charge in [0, 0.05) is 11.4 Å². The first kappa shape index (κ1) is 18.6. The van der Waals surface area contributed by atoms with Crippen LogP contribution in [-0.2, 0) is 27.7 Å². The number of carbonyl (C=O) groups is 1. The fraction of sp³-hybridized carbons (Fsp3) is 0.474. The molecule has 1 aromatic carbocycles. The van der Waals surface area contributed by atoms with Crippen LogP contribution in [0.1, 0.15) is 41.8 Å². The van der Waals surface area contributed by atoms with Crippen LogP contribution in [0.25, 0.3) is 0 Å². The van der Waals surface area contributed by atoms with Gasteiger partial charge in [-0.05, 0) is 57.6 Å². The van der Waals surface area contributed by atoms with E-state index in [9.17, 15) is 13.2 Å². The van der Waals surface area contributed by atoms with E-state index in [0.29, 0.717) is 24.5 Å². The lowest BCUT2D eigenvalue weighted by Gasteiger charge is -2.23. The van der Waals surface area contributed by atoms with Crippen LogP contribution in [0.5, 0.6) is 0 Å². The number of nitrogens with zero attached hydrogens (tertiary/aromatic N) is 2. The Morgan fingerprint density at radius 3 is 2.67 bits per heavy atom. The number of hydrogen-bond donors (Lipinski definition) is 1. The third kappa shape index (κ3) is 3.66. The lowest BCUT2D eigenvalue weighted by Crippen LogP contribution is -2.43. The van der Waals surface area contributed by atoms with Gasteiger partial charge in [0.2, 0.25) is 15.9 Å². The van der Waals surface area contributed by atoms with E-state index in [1.165, 1.54) is 20.5 Å². The minimum absolute atomic E-state index is 0.234. The van der Waals surface area contributed by atoms with Crippen molar-refractivity contribution in [3.05, 3.63) is 40.4 Å². The zero-order chi connectivity index (χ0) is 19.0. The highest BCUT2D eigenvalue weighted by Crippen LogP contribution is 2.31. The lowest BCUT2D eigenvalue weighted by molar-refractivity contribution is -0.119. The van der Waals surface area contributed by atoms with Crippen molar-refractivity contribution in [1.29, 1.82) is 0 Å². The summed E-state index contributed by atoms with van der Waals surface area (Å²) in [6, 6.07) is 6.08. The fourth-order valence-electron chi connectivity index (χ4n) is 3.73. The predicted molar refractivity (Wildman–Crippen MR) is 105 cm³/mol. The molecule has 1 amide bonds. The number of aryl methyl sites for hydroxylation is 3. The van der Waals surface area contributed by atoms with E-state index in [2.05, 4.69) is 10.3 Å². The fourth-order valence-corrected chi connectivity index (χ4v) is 6.44. The number of sulfonamides is 1. The summed E-state index contributed by atoms with van der Waals surface area (Å²) in [7, 11) is -3.69.